The van der Waals surface area contributed by atoms with Gasteiger partial charge in [0.05, 0.1) is 12.2 Å². The Bertz CT molecular complexity index is 1200. The SMILES string of the molecule is CN=C(Cc1ccccn1)C1=C(C)OC(N)=C(C#N)C1c1ccc(-n2ccnc2)cc1. The first-order valence-electron chi connectivity index (χ1n) is 9.85. The zero-order valence-electron chi connectivity index (χ0n) is 17.4. The average molecular weight is 410 g/mol. The van der Waals surface area contributed by atoms with Gasteiger partial charge in [0.2, 0.25) is 5.88 Å². The highest BCUT2D eigenvalue weighted by Gasteiger charge is 2.34. The molecule has 0 saturated heterocycles. The fourth-order valence-electron chi connectivity index (χ4n) is 3.81. The van der Waals surface area contributed by atoms with E-state index in [2.05, 4.69) is 21.0 Å². The van der Waals surface area contributed by atoms with Gasteiger partial charge in [0.1, 0.15) is 17.4 Å². The van der Waals surface area contributed by atoms with Crippen molar-refractivity contribution in [2.24, 2.45) is 10.7 Å². The lowest BCUT2D eigenvalue weighted by Gasteiger charge is -2.29. The quantitative estimate of drug-likeness (QED) is 0.647. The maximum atomic E-state index is 9.89. The molecule has 1 aromatic carbocycles. The van der Waals surface area contributed by atoms with Crippen molar-refractivity contribution in [1.82, 2.24) is 14.5 Å². The molecule has 31 heavy (non-hydrogen) atoms. The standard InChI is InChI=1S/C24H22N6O/c1-16-22(21(27-2)13-18-5-3-4-10-29-18)23(20(14-25)24(26)31-16)17-6-8-19(9-7-17)30-12-11-28-15-30/h3-12,15,23H,13,26H2,1-2H3. The molecule has 0 saturated carbocycles. The van der Waals surface area contributed by atoms with Crippen LogP contribution in [0.2, 0.25) is 0 Å². The molecule has 0 amide bonds. The van der Waals surface area contributed by atoms with Crippen LogP contribution in [-0.2, 0) is 11.2 Å². The molecular formula is C24H22N6O. The molecule has 1 atom stereocenters. The van der Waals surface area contributed by atoms with E-state index in [0.717, 1.165) is 28.2 Å². The van der Waals surface area contributed by atoms with Crippen LogP contribution in [0.5, 0.6) is 0 Å². The number of imidazole rings is 1. The molecule has 0 fully saturated rings. The van der Waals surface area contributed by atoms with Crippen molar-refractivity contribution in [3.8, 4) is 11.8 Å². The van der Waals surface area contributed by atoms with E-state index in [1.165, 1.54) is 0 Å². The van der Waals surface area contributed by atoms with Crippen LogP contribution in [0, 0.1) is 11.3 Å². The van der Waals surface area contributed by atoms with Gasteiger partial charge in [0.15, 0.2) is 0 Å². The zero-order valence-corrected chi connectivity index (χ0v) is 17.4. The van der Waals surface area contributed by atoms with Crippen LogP contribution in [0.1, 0.15) is 24.1 Å². The van der Waals surface area contributed by atoms with E-state index in [-0.39, 0.29) is 11.8 Å². The number of hydrogen-bond donors (Lipinski definition) is 1. The molecule has 0 radical (unpaired) electrons. The van der Waals surface area contributed by atoms with Crippen molar-refractivity contribution >= 4 is 5.71 Å². The summed E-state index contributed by atoms with van der Waals surface area (Å²) in [5.74, 6) is 0.385. The van der Waals surface area contributed by atoms with Gasteiger partial charge in [-0.05, 0) is 36.8 Å². The first-order chi connectivity index (χ1) is 15.1. The number of aromatic nitrogens is 3. The fraction of sp³-hybridized carbons (Fsp3) is 0.167. The molecule has 0 spiro atoms. The number of hydrogen-bond acceptors (Lipinski definition) is 6. The molecule has 0 bridgehead atoms. The van der Waals surface area contributed by atoms with Crippen LogP contribution in [0.15, 0.2) is 95.2 Å². The number of aliphatic imine (C=N–C) groups is 1. The Morgan fingerprint density at radius 3 is 2.65 bits per heavy atom. The second kappa shape index (κ2) is 8.67. The van der Waals surface area contributed by atoms with E-state index in [9.17, 15) is 5.26 Å². The molecule has 1 aliphatic heterocycles. The topological polar surface area (TPSA) is 102 Å². The van der Waals surface area contributed by atoms with Crippen molar-refractivity contribution in [2.75, 3.05) is 7.05 Å². The minimum absolute atomic E-state index is 0.126. The van der Waals surface area contributed by atoms with Crippen molar-refractivity contribution in [1.29, 1.82) is 5.26 Å². The molecule has 2 N–H and O–H groups in total. The predicted octanol–water partition coefficient (Wildman–Crippen LogP) is 3.66. The summed E-state index contributed by atoms with van der Waals surface area (Å²) >= 11 is 0. The van der Waals surface area contributed by atoms with Crippen molar-refractivity contribution in [3.63, 3.8) is 0 Å². The molecule has 154 valence electrons. The Hall–Kier alpha value is -4.18. The lowest BCUT2D eigenvalue weighted by molar-refractivity contribution is 0.283. The monoisotopic (exact) mass is 410 g/mol. The number of allylic oxidation sites excluding steroid dienone is 3. The first kappa shape index (κ1) is 20.1. The number of ether oxygens (including phenoxy) is 1. The largest absolute Gasteiger partial charge is 0.445 e. The minimum atomic E-state index is -0.377. The van der Waals surface area contributed by atoms with Crippen LogP contribution in [0.25, 0.3) is 5.69 Å². The number of nitrogens with two attached hydrogens (primary N) is 1. The van der Waals surface area contributed by atoms with Crippen molar-refractivity contribution in [3.05, 3.63) is 101 Å². The Labute approximate surface area is 180 Å². The molecular weight excluding hydrogens is 388 g/mol. The molecule has 1 aliphatic rings. The van der Waals surface area contributed by atoms with E-state index in [1.54, 1.807) is 25.8 Å². The second-order valence-electron chi connectivity index (χ2n) is 7.12. The third kappa shape index (κ3) is 3.96. The molecule has 2 aromatic heterocycles. The minimum Gasteiger partial charge on any atom is -0.445 e. The van der Waals surface area contributed by atoms with Gasteiger partial charge in [-0.1, -0.05) is 18.2 Å². The smallest absolute Gasteiger partial charge is 0.205 e. The van der Waals surface area contributed by atoms with Crippen LogP contribution in [0.3, 0.4) is 0 Å². The molecule has 3 heterocycles. The first-order valence-corrected chi connectivity index (χ1v) is 9.85. The van der Waals surface area contributed by atoms with Gasteiger partial charge in [-0.25, -0.2) is 4.98 Å². The number of nitriles is 1. The van der Waals surface area contributed by atoms with Crippen molar-refractivity contribution < 1.29 is 4.74 Å². The summed E-state index contributed by atoms with van der Waals surface area (Å²) in [5.41, 5.74) is 10.9. The Morgan fingerprint density at radius 2 is 2.03 bits per heavy atom. The number of nitrogens with zero attached hydrogens (tertiary/aromatic N) is 5. The summed E-state index contributed by atoms with van der Waals surface area (Å²) < 4.78 is 7.68. The zero-order chi connectivity index (χ0) is 21.8. The Morgan fingerprint density at radius 1 is 1.23 bits per heavy atom. The summed E-state index contributed by atoms with van der Waals surface area (Å²) in [5, 5.41) is 9.89. The summed E-state index contributed by atoms with van der Waals surface area (Å²) in [4.78, 5) is 13.1. The molecule has 3 aromatic rings. The van der Waals surface area contributed by atoms with Gasteiger partial charge in [-0.3, -0.25) is 9.98 Å². The third-order valence-electron chi connectivity index (χ3n) is 5.29. The summed E-state index contributed by atoms with van der Waals surface area (Å²) in [6.07, 6.45) is 7.63. The molecule has 7 nitrogen and oxygen atoms in total. The Balaban J connectivity index is 1.77. The lowest BCUT2D eigenvalue weighted by atomic mass is 9.80. The molecule has 4 rings (SSSR count). The van der Waals surface area contributed by atoms with Crippen molar-refractivity contribution in [2.45, 2.75) is 19.3 Å². The van der Waals surface area contributed by atoms with E-state index in [0.29, 0.717) is 17.8 Å². The summed E-state index contributed by atoms with van der Waals surface area (Å²) in [7, 11) is 1.74. The van der Waals surface area contributed by atoms with Gasteiger partial charge in [0, 0.05) is 54.7 Å². The second-order valence-corrected chi connectivity index (χ2v) is 7.12. The van der Waals surface area contributed by atoms with Gasteiger partial charge in [-0.15, -0.1) is 0 Å². The predicted molar refractivity (Wildman–Crippen MR) is 118 cm³/mol. The normalized spacial score (nSPS) is 16.8. The van der Waals surface area contributed by atoms with E-state index in [1.807, 2.05) is 60.2 Å². The van der Waals surface area contributed by atoms with Crippen LogP contribution in [0.4, 0.5) is 0 Å². The van der Waals surface area contributed by atoms with Gasteiger partial charge in [0.25, 0.3) is 0 Å². The molecule has 1 unspecified atom stereocenters. The lowest BCUT2D eigenvalue weighted by Crippen LogP contribution is -2.25. The molecule has 7 heteroatoms. The van der Waals surface area contributed by atoms with E-state index < -0.39 is 0 Å². The van der Waals surface area contributed by atoms with Gasteiger partial charge in [-0.2, -0.15) is 5.26 Å². The average Bonchev–Trinajstić information content (AvgIpc) is 3.33. The maximum absolute atomic E-state index is 9.89. The van der Waals surface area contributed by atoms with E-state index >= 15 is 0 Å². The molecule has 0 aliphatic carbocycles. The highest BCUT2D eigenvalue weighted by molar-refractivity contribution is 6.04. The summed E-state index contributed by atoms with van der Waals surface area (Å²) in [6.45, 7) is 1.85. The van der Waals surface area contributed by atoms with Gasteiger partial charge >= 0.3 is 0 Å². The summed E-state index contributed by atoms with van der Waals surface area (Å²) in [6, 6.07) is 16.0. The Kier molecular flexibility index (Phi) is 5.63. The maximum Gasteiger partial charge on any atom is 0.205 e. The van der Waals surface area contributed by atoms with Crippen LogP contribution >= 0.6 is 0 Å². The third-order valence-corrected chi connectivity index (χ3v) is 5.29. The highest BCUT2D eigenvalue weighted by atomic mass is 16.5. The number of pyridine rings is 1. The van der Waals surface area contributed by atoms with Crippen LogP contribution in [-0.4, -0.2) is 27.3 Å². The van der Waals surface area contributed by atoms with Crippen LogP contribution < -0.4 is 5.73 Å². The number of rotatable bonds is 5. The van der Waals surface area contributed by atoms with E-state index in [4.69, 9.17) is 10.5 Å². The number of benzene rings is 1. The highest BCUT2D eigenvalue weighted by Crippen LogP contribution is 2.40. The fourth-order valence-corrected chi connectivity index (χ4v) is 3.81. The van der Waals surface area contributed by atoms with Gasteiger partial charge < -0.3 is 15.0 Å².